The van der Waals surface area contributed by atoms with Crippen molar-refractivity contribution in [2.24, 2.45) is 10.8 Å². The van der Waals surface area contributed by atoms with Crippen molar-refractivity contribution >= 4 is 5.97 Å². The molecule has 0 atom stereocenters. The fraction of sp³-hybridized carbons (Fsp3) is 0.950. The molecule has 0 unspecified atom stereocenters. The Labute approximate surface area is 149 Å². The van der Waals surface area contributed by atoms with Crippen LogP contribution in [0.2, 0.25) is 0 Å². The van der Waals surface area contributed by atoms with Crippen LogP contribution >= 0.6 is 0 Å². The second-order valence-electron chi connectivity index (χ2n) is 10.2. The molecule has 24 heavy (non-hydrogen) atoms. The Balaban J connectivity index is 4.28. The summed E-state index contributed by atoms with van der Waals surface area (Å²) in [6.45, 7) is 19.9. The van der Waals surface area contributed by atoms with Crippen LogP contribution in [-0.2, 0) is 14.3 Å². The van der Waals surface area contributed by atoms with E-state index in [1.807, 2.05) is 13.8 Å². The van der Waals surface area contributed by atoms with Gasteiger partial charge in [-0.3, -0.25) is 0 Å². The van der Waals surface area contributed by atoms with Gasteiger partial charge in [0.05, 0.1) is 17.8 Å². The van der Waals surface area contributed by atoms with Crippen LogP contribution in [0.15, 0.2) is 0 Å². The van der Waals surface area contributed by atoms with Crippen LogP contribution in [0.1, 0.15) is 88.0 Å². The first-order valence-corrected chi connectivity index (χ1v) is 9.03. The molecule has 0 saturated heterocycles. The molecule has 4 nitrogen and oxygen atoms in total. The zero-order chi connectivity index (χ0) is 19.2. The summed E-state index contributed by atoms with van der Waals surface area (Å²) < 4.78 is 11.5. The van der Waals surface area contributed by atoms with E-state index in [-0.39, 0.29) is 12.2 Å². The standard InChI is InChI=1S/C20H40O4/c1-17(2,3)15-18(4,5)10-11-19(6,7)23-13-12-20(8,9)24-14-16(21)22/h10-15H2,1-9H3,(H,21,22). The van der Waals surface area contributed by atoms with Gasteiger partial charge in [-0.05, 0) is 64.2 Å². The summed E-state index contributed by atoms with van der Waals surface area (Å²) in [7, 11) is 0. The Morgan fingerprint density at radius 3 is 1.75 bits per heavy atom. The summed E-state index contributed by atoms with van der Waals surface area (Å²) in [6.07, 6.45) is 3.99. The number of aliphatic carboxylic acids is 1. The largest absolute Gasteiger partial charge is 0.480 e. The quantitative estimate of drug-likeness (QED) is 0.553. The van der Waals surface area contributed by atoms with Crippen molar-refractivity contribution in [3.05, 3.63) is 0 Å². The SMILES string of the molecule is CC(C)(C)CC(C)(C)CCC(C)(C)OCCC(C)(C)OCC(=O)O. The third-order valence-corrected chi connectivity index (χ3v) is 4.20. The summed E-state index contributed by atoms with van der Waals surface area (Å²) >= 11 is 0. The van der Waals surface area contributed by atoms with E-state index in [4.69, 9.17) is 14.6 Å². The second kappa shape index (κ2) is 8.66. The monoisotopic (exact) mass is 344 g/mol. The van der Waals surface area contributed by atoms with Gasteiger partial charge in [-0.15, -0.1) is 0 Å². The molecule has 0 bridgehead atoms. The molecule has 144 valence electrons. The van der Waals surface area contributed by atoms with Crippen LogP contribution in [0.5, 0.6) is 0 Å². The van der Waals surface area contributed by atoms with Gasteiger partial charge in [-0.2, -0.15) is 0 Å². The van der Waals surface area contributed by atoms with Gasteiger partial charge < -0.3 is 14.6 Å². The van der Waals surface area contributed by atoms with E-state index in [0.29, 0.717) is 23.9 Å². The summed E-state index contributed by atoms with van der Waals surface area (Å²) in [5.41, 5.74) is -0.0409. The van der Waals surface area contributed by atoms with Crippen molar-refractivity contribution in [2.45, 2.75) is 99.2 Å². The number of rotatable bonds is 11. The van der Waals surface area contributed by atoms with Crippen LogP contribution in [0.25, 0.3) is 0 Å². The second-order valence-corrected chi connectivity index (χ2v) is 10.2. The van der Waals surface area contributed by atoms with E-state index in [1.165, 1.54) is 6.42 Å². The Morgan fingerprint density at radius 2 is 1.29 bits per heavy atom. The molecule has 0 heterocycles. The highest BCUT2D eigenvalue weighted by molar-refractivity contribution is 5.68. The van der Waals surface area contributed by atoms with E-state index in [9.17, 15) is 4.79 Å². The lowest BCUT2D eigenvalue weighted by Gasteiger charge is -2.36. The van der Waals surface area contributed by atoms with Crippen molar-refractivity contribution < 1.29 is 19.4 Å². The third-order valence-electron chi connectivity index (χ3n) is 4.20. The van der Waals surface area contributed by atoms with Crippen molar-refractivity contribution in [1.29, 1.82) is 0 Å². The molecule has 0 saturated carbocycles. The van der Waals surface area contributed by atoms with E-state index >= 15 is 0 Å². The molecule has 1 N–H and O–H groups in total. The Kier molecular flexibility index (Phi) is 8.44. The summed E-state index contributed by atoms with van der Waals surface area (Å²) in [5, 5.41) is 8.70. The van der Waals surface area contributed by atoms with Gasteiger partial charge in [0.25, 0.3) is 0 Å². The molecule has 0 aromatic carbocycles. The molecule has 0 rings (SSSR count). The lowest BCUT2D eigenvalue weighted by atomic mass is 9.73. The number of carboxylic acids is 1. The molecule has 0 fully saturated rings. The normalized spacial score (nSPS) is 14.0. The lowest BCUT2D eigenvalue weighted by Crippen LogP contribution is -2.33. The van der Waals surface area contributed by atoms with E-state index in [0.717, 1.165) is 12.8 Å². The van der Waals surface area contributed by atoms with Gasteiger partial charge in [0, 0.05) is 0 Å². The molecule has 0 amide bonds. The molecule has 0 aliphatic rings. The predicted octanol–water partition coefficient (Wildman–Crippen LogP) is 5.29. The number of carboxylic acid groups (broad SMARTS) is 1. The number of ether oxygens (including phenoxy) is 2. The molecule has 0 aromatic rings. The third kappa shape index (κ3) is 12.8. The zero-order valence-corrected chi connectivity index (χ0v) is 17.4. The topological polar surface area (TPSA) is 55.8 Å². The van der Waals surface area contributed by atoms with Crippen LogP contribution < -0.4 is 0 Å². The van der Waals surface area contributed by atoms with Crippen LogP contribution in [-0.4, -0.2) is 35.5 Å². The fourth-order valence-corrected chi connectivity index (χ4v) is 3.14. The van der Waals surface area contributed by atoms with E-state index in [2.05, 4.69) is 48.5 Å². The van der Waals surface area contributed by atoms with Gasteiger partial charge >= 0.3 is 5.97 Å². The number of carbonyl (C=O) groups is 1. The van der Waals surface area contributed by atoms with Gasteiger partial charge in [-0.25, -0.2) is 4.79 Å². The first-order valence-electron chi connectivity index (χ1n) is 9.03. The van der Waals surface area contributed by atoms with Crippen LogP contribution in [0.4, 0.5) is 0 Å². The summed E-state index contributed by atoms with van der Waals surface area (Å²) in [5.74, 6) is -0.939. The Bertz CT molecular complexity index is 389. The average molecular weight is 345 g/mol. The molecular formula is C20H40O4. The van der Waals surface area contributed by atoms with E-state index < -0.39 is 11.6 Å². The minimum absolute atomic E-state index is 0.183. The zero-order valence-electron chi connectivity index (χ0n) is 17.4. The Morgan fingerprint density at radius 1 is 0.792 bits per heavy atom. The minimum Gasteiger partial charge on any atom is -0.480 e. The van der Waals surface area contributed by atoms with Gasteiger partial charge in [0.2, 0.25) is 0 Å². The molecule has 0 spiro atoms. The molecule has 0 aliphatic carbocycles. The lowest BCUT2D eigenvalue weighted by molar-refractivity contribution is -0.150. The van der Waals surface area contributed by atoms with Gasteiger partial charge in [0.1, 0.15) is 6.61 Å². The van der Waals surface area contributed by atoms with E-state index in [1.54, 1.807) is 0 Å². The number of hydrogen-bond donors (Lipinski definition) is 1. The maximum Gasteiger partial charge on any atom is 0.329 e. The highest BCUT2D eigenvalue weighted by Crippen LogP contribution is 2.38. The molecule has 0 aliphatic heterocycles. The predicted molar refractivity (Wildman–Crippen MR) is 99.4 cm³/mol. The maximum absolute atomic E-state index is 10.6. The minimum atomic E-state index is -0.939. The summed E-state index contributed by atoms with van der Waals surface area (Å²) in [6, 6.07) is 0. The molecule has 0 radical (unpaired) electrons. The number of hydrogen-bond acceptors (Lipinski definition) is 3. The van der Waals surface area contributed by atoms with Crippen molar-refractivity contribution in [3.63, 3.8) is 0 Å². The Hall–Kier alpha value is -0.610. The fourth-order valence-electron chi connectivity index (χ4n) is 3.14. The smallest absolute Gasteiger partial charge is 0.329 e. The van der Waals surface area contributed by atoms with Crippen LogP contribution in [0, 0.1) is 10.8 Å². The maximum atomic E-state index is 10.6. The first kappa shape index (κ1) is 23.4. The van der Waals surface area contributed by atoms with Crippen molar-refractivity contribution in [3.8, 4) is 0 Å². The molecule has 0 aromatic heterocycles. The van der Waals surface area contributed by atoms with Crippen molar-refractivity contribution in [1.82, 2.24) is 0 Å². The average Bonchev–Trinajstić information content (AvgIpc) is 2.31. The van der Waals surface area contributed by atoms with Crippen molar-refractivity contribution in [2.75, 3.05) is 13.2 Å². The first-order chi connectivity index (χ1) is 10.5. The summed E-state index contributed by atoms with van der Waals surface area (Å²) in [4.78, 5) is 10.6. The molecular weight excluding hydrogens is 304 g/mol. The highest BCUT2D eigenvalue weighted by Gasteiger charge is 2.29. The van der Waals surface area contributed by atoms with Gasteiger partial charge in [0.15, 0.2) is 0 Å². The van der Waals surface area contributed by atoms with Crippen LogP contribution in [0.3, 0.4) is 0 Å². The van der Waals surface area contributed by atoms with Gasteiger partial charge in [-0.1, -0.05) is 34.6 Å². The highest BCUT2D eigenvalue weighted by atomic mass is 16.5. The molecule has 4 heteroatoms.